The Morgan fingerprint density at radius 3 is 3.08 bits per heavy atom. The summed E-state index contributed by atoms with van der Waals surface area (Å²) in [6.45, 7) is 4.55. The molecule has 0 radical (unpaired) electrons. The second-order valence-corrected chi connectivity index (χ2v) is 3.16. The number of ether oxygens (including phenoxy) is 2. The van der Waals surface area contributed by atoms with Crippen LogP contribution in [0.15, 0.2) is 11.8 Å². The zero-order chi connectivity index (χ0) is 9.52. The van der Waals surface area contributed by atoms with Crippen LogP contribution in [0.4, 0.5) is 0 Å². The second kappa shape index (κ2) is 6.00. The third kappa shape index (κ3) is 3.36. The fourth-order valence-corrected chi connectivity index (χ4v) is 1.47. The van der Waals surface area contributed by atoms with Gasteiger partial charge in [0.15, 0.2) is 0 Å². The summed E-state index contributed by atoms with van der Waals surface area (Å²) in [5.74, 6) is 1.05. The van der Waals surface area contributed by atoms with Crippen LogP contribution in [0.3, 0.4) is 0 Å². The van der Waals surface area contributed by atoms with Crippen molar-refractivity contribution in [3.8, 4) is 0 Å². The summed E-state index contributed by atoms with van der Waals surface area (Å²) >= 11 is 0. The number of hydrogen-bond donors (Lipinski definition) is 1. The average Bonchev–Trinajstić information content (AvgIpc) is 2.19. The number of rotatable bonds is 5. The number of likely N-dealkylation sites (N-methyl/N-ethyl adjacent to an activating group) is 1. The molecule has 0 amide bonds. The average molecular weight is 185 g/mol. The van der Waals surface area contributed by atoms with Crippen molar-refractivity contribution >= 4 is 0 Å². The molecular weight excluding hydrogens is 166 g/mol. The van der Waals surface area contributed by atoms with Crippen molar-refractivity contribution in [3.05, 3.63) is 11.8 Å². The zero-order valence-corrected chi connectivity index (χ0v) is 8.51. The maximum absolute atomic E-state index is 5.56. The van der Waals surface area contributed by atoms with Crippen LogP contribution in [-0.2, 0) is 9.47 Å². The van der Waals surface area contributed by atoms with Gasteiger partial charge in [0.1, 0.15) is 5.76 Å². The van der Waals surface area contributed by atoms with Crippen LogP contribution in [0.2, 0.25) is 0 Å². The highest BCUT2D eigenvalue weighted by atomic mass is 16.5. The predicted octanol–water partition coefficient (Wildman–Crippen LogP) is 1.31. The molecule has 13 heavy (non-hydrogen) atoms. The second-order valence-electron chi connectivity index (χ2n) is 3.16. The maximum Gasteiger partial charge on any atom is 0.111 e. The molecule has 1 atom stereocenters. The van der Waals surface area contributed by atoms with E-state index in [1.807, 2.05) is 0 Å². The summed E-state index contributed by atoms with van der Waals surface area (Å²) in [5, 5.41) is 3.33. The number of nitrogens with one attached hydrogen (secondary N) is 1. The number of hydrogen-bond acceptors (Lipinski definition) is 3. The van der Waals surface area contributed by atoms with Crippen LogP contribution in [0.5, 0.6) is 0 Å². The normalized spacial score (nSPS) is 19.1. The Kier molecular flexibility index (Phi) is 4.86. The van der Waals surface area contributed by atoms with E-state index in [0.717, 1.165) is 31.8 Å². The Hall–Kier alpha value is -0.540. The standard InChI is InChI=1S/C10H19NO2/c1-3-11-9(8-12-2)10-6-4-5-7-13-10/h6,9,11H,3-5,7-8H2,1-2H3. The predicted molar refractivity (Wildman–Crippen MR) is 52.6 cm³/mol. The van der Waals surface area contributed by atoms with Crippen molar-refractivity contribution in [2.75, 3.05) is 26.9 Å². The van der Waals surface area contributed by atoms with E-state index in [4.69, 9.17) is 9.47 Å². The first kappa shape index (κ1) is 10.5. The SMILES string of the molecule is CCNC(COC)C1=CCCCO1. The highest BCUT2D eigenvalue weighted by molar-refractivity contribution is 5.05. The third-order valence-corrected chi connectivity index (χ3v) is 2.09. The molecule has 0 aliphatic carbocycles. The molecule has 0 saturated heterocycles. The van der Waals surface area contributed by atoms with Crippen LogP contribution < -0.4 is 5.32 Å². The van der Waals surface area contributed by atoms with Gasteiger partial charge >= 0.3 is 0 Å². The van der Waals surface area contributed by atoms with Crippen molar-refractivity contribution in [3.63, 3.8) is 0 Å². The summed E-state index contributed by atoms with van der Waals surface area (Å²) in [6, 6.07) is 0.232. The quantitative estimate of drug-likeness (QED) is 0.700. The topological polar surface area (TPSA) is 30.5 Å². The molecule has 0 aromatic heterocycles. The van der Waals surface area contributed by atoms with Gasteiger partial charge in [-0.3, -0.25) is 0 Å². The lowest BCUT2D eigenvalue weighted by Gasteiger charge is -2.23. The van der Waals surface area contributed by atoms with Gasteiger partial charge in [-0.05, 0) is 25.5 Å². The van der Waals surface area contributed by atoms with E-state index in [9.17, 15) is 0 Å². The molecule has 1 unspecified atom stereocenters. The van der Waals surface area contributed by atoms with E-state index in [1.165, 1.54) is 0 Å². The fraction of sp³-hybridized carbons (Fsp3) is 0.800. The Morgan fingerprint density at radius 2 is 2.54 bits per heavy atom. The molecule has 0 saturated carbocycles. The first-order valence-electron chi connectivity index (χ1n) is 4.93. The van der Waals surface area contributed by atoms with Gasteiger partial charge in [-0.1, -0.05) is 6.92 Å². The summed E-state index contributed by atoms with van der Waals surface area (Å²) in [4.78, 5) is 0. The first-order chi connectivity index (χ1) is 6.38. The van der Waals surface area contributed by atoms with E-state index < -0.39 is 0 Å². The van der Waals surface area contributed by atoms with Crippen LogP contribution in [0.25, 0.3) is 0 Å². The summed E-state index contributed by atoms with van der Waals surface area (Å²) in [7, 11) is 1.72. The molecule has 3 nitrogen and oxygen atoms in total. The highest BCUT2D eigenvalue weighted by Gasteiger charge is 2.16. The molecule has 76 valence electrons. The van der Waals surface area contributed by atoms with E-state index in [1.54, 1.807) is 7.11 Å². The Balaban J connectivity index is 2.46. The van der Waals surface area contributed by atoms with Gasteiger partial charge in [-0.2, -0.15) is 0 Å². The zero-order valence-electron chi connectivity index (χ0n) is 8.51. The van der Waals surface area contributed by atoms with E-state index in [-0.39, 0.29) is 6.04 Å². The molecular formula is C10H19NO2. The summed E-state index contributed by atoms with van der Waals surface area (Å²) < 4.78 is 10.7. The molecule has 0 fully saturated rings. The molecule has 0 aromatic carbocycles. The minimum absolute atomic E-state index is 0.232. The van der Waals surface area contributed by atoms with Gasteiger partial charge in [-0.15, -0.1) is 0 Å². The lowest BCUT2D eigenvalue weighted by molar-refractivity contribution is 0.119. The smallest absolute Gasteiger partial charge is 0.111 e. The van der Waals surface area contributed by atoms with Crippen molar-refractivity contribution in [1.29, 1.82) is 0 Å². The number of methoxy groups -OCH3 is 1. The molecule has 0 aromatic rings. The van der Waals surface area contributed by atoms with Crippen LogP contribution in [0.1, 0.15) is 19.8 Å². The molecule has 1 aliphatic heterocycles. The van der Waals surface area contributed by atoms with Crippen molar-refractivity contribution in [1.82, 2.24) is 5.32 Å². The lowest BCUT2D eigenvalue weighted by atomic mass is 10.1. The molecule has 1 heterocycles. The minimum Gasteiger partial charge on any atom is -0.497 e. The molecule has 1 aliphatic rings. The van der Waals surface area contributed by atoms with Crippen LogP contribution >= 0.6 is 0 Å². The van der Waals surface area contributed by atoms with Crippen molar-refractivity contribution in [2.45, 2.75) is 25.8 Å². The Bertz CT molecular complexity index is 162. The highest BCUT2D eigenvalue weighted by Crippen LogP contribution is 2.13. The third-order valence-electron chi connectivity index (χ3n) is 2.09. The number of allylic oxidation sites excluding steroid dienone is 1. The largest absolute Gasteiger partial charge is 0.497 e. The van der Waals surface area contributed by atoms with Crippen LogP contribution in [0, 0.1) is 0 Å². The van der Waals surface area contributed by atoms with E-state index >= 15 is 0 Å². The van der Waals surface area contributed by atoms with E-state index in [0.29, 0.717) is 6.61 Å². The molecule has 1 N–H and O–H groups in total. The van der Waals surface area contributed by atoms with Crippen LogP contribution in [-0.4, -0.2) is 32.9 Å². The van der Waals surface area contributed by atoms with Gasteiger partial charge in [0, 0.05) is 7.11 Å². The van der Waals surface area contributed by atoms with Gasteiger partial charge < -0.3 is 14.8 Å². The first-order valence-corrected chi connectivity index (χ1v) is 4.93. The summed E-state index contributed by atoms with van der Waals surface area (Å²) in [5.41, 5.74) is 0. The van der Waals surface area contributed by atoms with Gasteiger partial charge in [0.25, 0.3) is 0 Å². The molecule has 0 spiro atoms. The van der Waals surface area contributed by atoms with Crippen molar-refractivity contribution in [2.24, 2.45) is 0 Å². The fourth-order valence-electron chi connectivity index (χ4n) is 1.47. The Labute approximate surface area is 80.1 Å². The molecule has 0 bridgehead atoms. The lowest BCUT2D eigenvalue weighted by Crippen LogP contribution is -2.36. The van der Waals surface area contributed by atoms with Crippen molar-refractivity contribution < 1.29 is 9.47 Å². The molecule has 3 heteroatoms. The minimum atomic E-state index is 0.232. The van der Waals surface area contributed by atoms with Gasteiger partial charge in [0.05, 0.1) is 19.3 Å². The Morgan fingerprint density at radius 1 is 1.69 bits per heavy atom. The van der Waals surface area contributed by atoms with Gasteiger partial charge in [0.2, 0.25) is 0 Å². The van der Waals surface area contributed by atoms with Gasteiger partial charge in [-0.25, -0.2) is 0 Å². The molecule has 1 rings (SSSR count). The van der Waals surface area contributed by atoms with E-state index in [2.05, 4.69) is 18.3 Å². The maximum atomic E-state index is 5.56. The summed E-state index contributed by atoms with van der Waals surface area (Å²) in [6.07, 6.45) is 4.42. The monoisotopic (exact) mass is 185 g/mol.